The molecule has 0 aliphatic heterocycles. The van der Waals surface area contributed by atoms with E-state index in [4.69, 9.17) is 5.11 Å². The number of carbonyl (C=O) groups is 1. The Bertz CT molecular complexity index is 701. The molecule has 0 saturated carbocycles. The van der Waals surface area contributed by atoms with E-state index in [1.54, 1.807) is 35.0 Å². The average molecular weight is 239 g/mol. The molecule has 0 atom stereocenters. The number of carboxylic acid groups (broad SMARTS) is 1. The number of hydrogen-bond acceptors (Lipinski definition) is 3. The van der Waals surface area contributed by atoms with E-state index in [2.05, 4.69) is 10.1 Å². The molecule has 0 spiro atoms. The highest BCUT2D eigenvalue weighted by Gasteiger charge is 2.08. The first-order valence-electron chi connectivity index (χ1n) is 5.39. The van der Waals surface area contributed by atoms with Gasteiger partial charge in [0.05, 0.1) is 5.56 Å². The molecule has 0 saturated heterocycles. The summed E-state index contributed by atoms with van der Waals surface area (Å²) in [6.07, 6.45) is 1.80. The van der Waals surface area contributed by atoms with Crippen molar-refractivity contribution in [1.29, 1.82) is 0 Å². The fourth-order valence-electron chi connectivity index (χ4n) is 1.75. The van der Waals surface area contributed by atoms with Crippen LogP contribution in [0.25, 0.3) is 17.0 Å². The summed E-state index contributed by atoms with van der Waals surface area (Å²) < 4.78 is 1.66. The molecule has 3 aromatic rings. The molecule has 5 heteroatoms. The predicted octanol–water partition coefficient (Wildman–Crippen LogP) is 2.09. The van der Waals surface area contributed by atoms with Gasteiger partial charge in [0.2, 0.25) is 0 Å². The van der Waals surface area contributed by atoms with Crippen molar-refractivity contribution in [2.24, 2.45) is 0 Å². The third kappa shape index (κ3) is 1.71. The summed E-state index contributed by atoms with van der Waals surface area (Å²) in [5.74, 6) is -0.440. The molecule has 0 radical (unpaired) electrons. The monoisotopic (exact) mass is 239 g/mol. The molecular weight excluding hydrogens is 230 g/mol. The lowest BCUT2D eigenvalue weighted by Gasteiger charge is -1.97. The van der Waals surface area contributed by atoms with E-state index in [-0.39, 0.29) is 5.56 Å². The number of nitrogens with zero attached hydrogens (tertiary/aromatic N) is 3. The van der Waals surface area contributed by atoms with Crippen molar-refractivity contribution >= 4 is 11.6 Å². The van der Waals surface area contributed by atoms with E-state index in [1.165, 1.54) is 0 Å². The van der Waals surface area contributed by atoms with E-state index in [9.17, 15) is 4.79 Å². The van der Waals surface area contributed by atoms with Crippen molar-refractivity contribution < 1.29 is 9.90 Å². The molecule has 1 aromatic carbocycles. The second kappa shape index (κ2) is 3.96. The number of benzene rings is 1. The van der Waals surface area contributed by atoms with Crippen LogP contribution in [-0.4, -0.2) is 25.7 Å². The van der Waals surface area contributed by atoms with Crippen LogP contribution in [0.2, 0.25) is 0 Å². The summed E-state index contributed by atoms with van der Waals surface area (Å²) in [4.78, 5) is 15.3. The minimum Gasteiger partial charge on any atom is -0.478 e. The fraction of sp³-hybridized carbons (Fsp3) is 0. The van der Waals surface area contributed by atoms with Gasteiger partial charge in [0.15, 0.2) is 11.5 Å². The summed E-state index contributed by atoms with van der Waals surface area (Å²) in [6, 6.07) is 12.2. The Morgan fingerprint density at radius 1 is 1.17 bits per heavy atom. The second-order valence-corrected chi connectivity index (χ2v) is 3.82. The molecule has 88 valence electrons. The van der Waals surface area contributed by atoms with Crippen LogP contribution in [0.15, 0.2) is 48.7 Å². The highest BCUT2D eigenvalue weighted by atomic mass is 16.4. The predicted molar refractivity (Wildman–Crippen MR) is 65.4 cm³/mol. The van der Waals surface area contributed by atoms with Crippen molar-refractivity contribution in [3.8, 4) is 11.4 Å². The Kier molecular flexibility index (Phi) is 2.30. The van der Waals surface area contributed by atoms with Gasteiger partial charge in [0, 0.05) is 11.8 Å². The number of fused-ring (bicyclic) bond motifs is 1. The van der Waals surface area contributed by atoms with E-state index in [0.29, 0.717) is 11.4 Å². The number of aromatic nitrogens is 3. The molecule has 3 rings (SSSR count). The maximum absolute atomic E-state index is 10.9. The SMILES string of the molecule is O=C(O)c1cccc(-c2nc3ccccn3n2)c1. The zero-order chi connectivity index (χ0) is 12.5. The Morgan fingerprint density at radius 3 is 2.83 bits per heavy atom. The minimum atomic E-state index is -0.958. The zero-order valence-corrected chi connectivity index (χ0v) is 9.32. The van der Waals surface area contributed by atoms with Crippen molar-refractivity contribution in [3.63, 3.8) is 0 Å². The molecule has 1 N–H and O–H groups in total. The lowest BCUT2D eigenvalue weighted by atomic mass is 10.1. The largest absolute Gasteiger partial charge is 0.478 e. The molecule has 2 heterocycles. The lowest BCUT2D eigenvalue weighted by Crippen LogP contribution is -1.96. The molecule has 0 aliphatic carbocycles. The van der Waals surface area contributed by atoms with Crippen molar-refractivity contribution in [1.82, 2.24) is 14.6 Å². The minimum absolute atomic E-state index is 0.228. The molecule has 0 aliphatic rings. The maximum atomic E-state index is 10.9. The topological polar surface area (TPSA) is 67.5 Å². The number of pyridine rings is 1. The summed E-state index contributed by atoms with van der Waals surface area (Å²) >= 11 is 0. The summed E-state index contributed by atoms with van der Waals surface area (Å²) in [7, 11) is 0. The maximum Gasteiger partial charge on any atom is 0.335 e. The molecular formula is C13H9N3O2. The van der Waals surface area contributed by atoms with Crippen molar-refractivity contribution in [2.45, 2.75) is 0 Å². The standard InChI is InChI=1S/C13H9N3O2/c17-13(18)10-5-3-4-9(8-10)12-14-11-6-1-2-7-16(11)15-12/h1-8H,(H,17,18). The number of hydrogen-bond donors (Lipinski definition) is 1. The molecule has 5 nitrogen and oxygen atoms in total. The van der Waals surface area contributed by atoms with Crippen LogP contribution in [0.3, 0.4) is 0 Å². The van der Waals surface area contributed by atoms with Crippen LogP contribution in [0.5, 0.6) is 0 Å². The zero-order valence-electron chi connectivity index (χ0n) is 9.32. The van der Waals surface area contributed by atoms with Gasteiger partial charge in [-0.3, -0.25) is 0 Å². The van der Waals surface area contributed by atoms with Gasteiger partial charge in [-0.2, -0.15) is 0 Å². The molecule has 0 bridgehead atoms. The Labute approximate surface area is 102 Å². The van der Waals surface area contributed by atoms with Crippen molar-refractivity contribution in [3.05, 3.63) is 54.2 Å². The van der Waals surface area contributed by atoms with Crippen molar-refractivity contribution in [2.75, 3.05) is 0 Å². The Hall–Kier alpha value is -2.69. The quantitative estimate of drug-likeness (QED) is 0.743. The molecule has 18 heavy (non-hydrogen) atoms. The van der Waals surface area contributed by atoms with Gasteiger partial charge in [0.25, 0.3) is 0 Å². The third-order valence-corrected chi connectivity index (χ3v) is 2.61. The highest BCUT2D eigenvalue weighted by Crippen LogP contribution is 2.17. The molecule has 0 fully saturated rings. The smallest absolute Gasteiger partial charge is 0.335 e. The second-order valence-electron chi connectivity index (χ2n) is 3.82. The van der Waals surface area contributed by atoms with E-state index in [0.717, 1.165) is 5.65 Å². The van der Waals surface area contributed by atoms with Gasteiger partial charge in [-0.1, -0.05) is 18.2 Å². The summed E-state index contributed by atoms with van der Waals surface area (Å²) in [6.45, 7) is 0. The van der Waals surface area contributed by atoms with Crippen LogP contribution >= 0.6 is 0 Å². The van der Waals surface area contributed by atoms with Gasteiger partial charge in [-0.05, 0) is 24.3 Å². The van der Waals surface area contributed by atoms with E-state index in [1.807, 2.05) is 18.2 Å². The first-order valence-corrected chi connectivity index (χ1v) is 5.39. The van der Waals surface area contributed by atoms with E-state index >= 15 is 0 Å². The van der Waals surface area contributed by atoms with Crippen LogP contribution in [0.1, 0.15) is 10.4 Å². The van der Waals surface area contributed by atoms with Crippen LogP contribution < -0.4 is 0 Å². The first-order chi connectivity index (χ1) is 8.74. The first kappa shape index (κ1) is 10.5. The average Bonchev–Trinajstić information content (AvgIpc) is 2.82. The molecule has 0 unspecified atom stereocenters. The van der Waals surface area contributed by atoms with Gasteiger partial charge in [-0.15, -0.1) is 5.10 Å². The van der Waals surface area contributed by atoms with Crippen LogP contribution in [-0.2, 0) is 0 Å². The van der Waals surface area contributed by atoms with Gasteiger partial charge >= 0.3 is 5.97 Å². The number of rotatable bonds is 2. The van der Waals surface area contributed by atoms with Crippen LogP contribution in [0, 0.1) is 0 Å². The summed E-state index contributed by atoms with van der Waals surface area (Å²) in [5, 5.41) is 13.2. The fourth-order valence-corrected chi connectivity index (χ4v) is 1.75. The van der Waals surface area contributed by atoms with Crippen LogP contribution in [0.4, 0.5) is 0 Å². The third-order valence-electron chi connectivity index (χ3n) is 2.61. The number of aromatic carboxylic acids is 1. The molecule has 2 aromatic heterocycles. The normalized spacial score (nSPS) is 10.7. The lowest BCUT2D eigenvalue weighted by molar-refractivity contribution is 0.0697. The Morgan fingerprint density at radius 2 is 2.06 bits per heavy atom. The van der Waals surface area contributed by atoms with Gasteiger partial charge < -0.3 is 5.11 Å². The highest BCUT2D eigenvalue weighted by molar-refractivity contribution is 5.89. The molecule has 0 amide bonds. The Balaban J connectivity index is 2.13. The van der Waals surface area contributed by atoms with Gasteiger partial charge in [0.1, 0.15) is 0 Å². The van der Waals surface area contributed by atoms with E-state index < -0.39 is 5.97 Å². The summed E-state index contributed by atoms with van der Waals surface area (Å²) in [5.41, 5.74) is 1.65. The van der Waals surface area contributed by atoms with Gasteiger partial charge in [-0.25, -0.2) is 14.3 Å². The number of carboxylic acids is 1.